The van der Waals surface area contributed by atoms with Gasteiger partial charge in [-0.1, -0.05) is 0 Å². The molecule has 1 heterocycles. The van der Waals surface area contributed by atoms with E-state index in [1.165, 1.54) is 0 Å². The molecule has 0 saturated carbocycles. The highest BCUT2D eigenvalue weighted by molar-refractivity contribution is 5.15. The number of aromatic nitrogens is 2. The molecule has 1 aromatic heterocycles. The van der Waals surface area contributed by atoms with Gasteiger partial charge in [0.15, 0.2) is 0 Å². The summed E-state index contributed by atoms with van der Waals surface area (Å²) in [6, 6.07) is 3.51. The van der Waals surface area contributed by atoms with Crippen molar-refractivity contribution in [3.63, 3.8) is 0 Å². The molecule has 0 amide bonds. The lowest BCUT2D eigenvalue weighted by Gasteiger charge is -2.09. The van der Waals surface area contributed by atoms with E-state index in [0.29, 0.717) is 11.8 Å². The zero-order valence-electron chi connectivity index (χ0n) is 9.02. The second-order valence-electron chi connectivity index (χ2n) is 3.54. The van der Waals surface area contributed by atoms with Crippen molar-refractivity contribution in [2.75, 3.05) is 0 Å². The fourth-order valence-electron chi connectivity index (χ4n) is 0.916. The molecule has 0 fully saturated rings. The summed E-state index contributed by atoms with van der Waals surface area (Å²) in [5, 5.41) is 7.75. The Morgan fingerprint density at radius 1 is 0.857 bits per heavy atom. The zero-order chi connectivity index (χ0) is 10.6. The van der Waals surface area contributed by atoms with Gasteiger partial charge in [0.2, 0.25) is 11.8 Å². The first kappa shape index (κ1) is 10.8. The normalized spacial score (nSPS) is 10.7. The number of ether oxygens (including phenoxy) is 2. The summed E-state index contributed by atoms with van der Waals surface area (Å²) in [7, 11) is 0. The molecule has 0 saturated heterocycles. The van der Waals surface area contributed by atoms with Crippen LogP contribution in [0.15, 0.2) is 12.1 Å². The summed E-state index contributed by atoms with van der Waals surface area (Å²) in [6.07, 6.45) is 0.224. The van der Waals surface area contributed by atoms with Crippen LogP contribution in [0.5, 0.6) is 11.8 Å². The van der Waals surface area contributed by atoms with Crippen molar-refractivity contribution >= 4 is 0 Å². The summed E-state index contributed by atoms with van der Waals surface area (Å²) in [4.78, 5) is 0. The molecule has 4 heteroatoms. The highest BCUT2D eigenvalue weighted by atomic mass is 16.5. The summed E-state index contributed by atoms with van der Waals surface area (Å²) in [5.41, 5.74) is 0. The van der Waals surface area contributed by atoms with Gasteiger partial charge in [-0.2, -0.15) is 0 Å². The van der Waals surface area contributed by atoms with Crippen molar-refractivity contribution in [1.82, 2.24) is 10.2 Å². The van der Waals surface area contributed by atoms with E-state index < -0.39 is 0 Å². The van der Waals surface area contributed by atoms with Gasteiger partial charge in [-0.3, -0.25) is 0 Å². The molecule has 1 aromatic rings. The van der Waals surface area contributed by atoms with E-state index in [0.717, 1.165) is 0 Å². The van der Waals surface area contributed by atoms with Crippen LogP contribution < -0.4 is 9.47 Å². The van der Waals surface area contributed by atoms with Crippen LogP contribution in [-0.4, -0.2) is 22.4 Å². The van der Waals surface area contributed by atoms with Gasteiger partial charge in [-0.25, -0.2) is 0 Å². The summed E-state index contributed by atoms with van der Waals surface area (Å²) < 4.78 is 10.7. The molecule has 0 aliphatic heterocycles. The number of rotatable bonds is 4. The maximum Gasteiger partial charge on any atom is 0.233 e. The third kappa shape index (κ3) is 3.60. The Kier molecular flexibility index (Phi) is 3.68. The van der Waals surface area contributed by atoms with E-state index in [2.05, 4.69) is 10.2 Å². The quantitative estimate of drug-likeness (QED) is 0.739. The third-order valence-electron chi connectivity index (χ3n) is 1.33. The van der Waals surface area contributed by atoms with Gasteiger partial charge in [0, 0.05) is 12.1 Å². The van der Waals surface area contributed by atoms with Gasteiger partial charge in [0.25, 0.3) is 0 Å². The minimum Gasteiger partial charge on any atom is -0.474 e. The van der Waals surface area contributed by atoms with Crippen molar-refractivity contribution in [2.24, 2.45) is 0 Å². The molecule has 0 unspecified atom stereocenters. The monoisotopic (exact) mass is 196 g/mol. The molecule has 0 aromatic carbocycles. The smallest absolute Gasteiger partial charge is 0.233 e. The van der Waals surface area contributed by atoms with Gasteiger partial charge in [0.1, 0.15) is 0 Å². The van der Waals surface area contributed by atoms with E-state index in [1.807, 2.05) is 27.7 Å². The Bertz CT molecular complexity index is 241. The van der Waals surface area contributed by atoms with Gasteiger partial charge in [-0.15, -0.1) is 10.2 Å². The van der Waals surface area contributed by atoms with Gasteiger partial charge in [-0.05, 0) is 27.7 Å². The Labute approximate surface area is 84.3 Å². The second-order valence-corrected chi connectivity index (χ2v) is 3.54. The highest BCUT2D eigenvalue weighted by Gasteiger charge is 2.02. The molecule has 0 bridgehead atoms. The molecule has 0 radical (unpaired) electrons. The average molecular weight is 196 g/mol. The SMILES string of the molecule is CC(C)Oc1ccc(OC(C)C)nn1. The Morgan fingerprint density at radius 3 is 1.43 bits per heavy atom. The lowest BCUT2D eigenvalue weighted by Crippen LogP contribution is -2.10. The minimum atomic E-state index is 0.112. The number of hydrogen-bond acceptors (Lipinski definition) is 4. The zero-order valence-corrected chi connectivity index (χ0v) is 9.02. The van der Waals surface area contributed by atoms with Gasteiger partial charge >= 0.3 is 0 Å². The van der Waals surface area contributed by atoms with Crippen molar-refractivity contribution in [1.29, 1.82) is 0 Å². The molecule has 1 rings (SSSR count). The fourth-order valence-corrected chi connectivity index (χ4v) is 0.916. The van der Waals surface area contributed by atoms with Crippen molar-refractivity contribution in [2.45, 2.75) is 39.9 Å². The van der Waals surface area contributed by atoms with Crippen LogP contribution in [0.25, 0.3) is 0 Å². The van der Waals surface area contributed by atoms with Crippen LogP contribution in [0.3, 0.4) is 0 Å². The summed E-state index contributed by atoms with van der Waals surface area (Å²) >= 11 is 0. The average Bonchev–Trinajstić information content (AvgIpc) is 2.06. The van der Waals surface area contributed by atoms with Gasteiger partial charge < -0.3 is 9.47 Å². The van der Waals surface area contributed by atoms with E-state index >= 15 is 0 Å². The molecule has 0 N–H and O–H groups in total. The van der Waals surface area contributed by atoms with Crippen molar-refractivity contribution in [3.05, 3.63) is 12.1 Å². The van der Waals surface area contributed by atoms with Crippen LogP contribution in [-0.2, 0) is 0 Å². The van der Waals surface area contributed by atoms with Crippen LogP contribution in [0.4, 0.5) is 0 Å². The number of hydrogen-bond donors (Lipinski definition) is 0. The predicted octanol–water partition coefficient (Wildman–Crippen LogP) is 2.05. The molecular formula is C10H16N2O2. The molecule has 0 spiro atoms. The van der Waals surface area contributed by atoms with Crippen LogP contribution in [0, 0.1) is 0 Å². The van der Waals surface area contributed by atoms with E-state index in [-0.39, 0.29) is 12.2 Å². The molecule has 78 valence electrons. The first-order chi connectivity index (χ1) is 6.58. The first-order valence-corrected chi connectivity index (χ1v) is 4.75. The molecule has 14 heavy (non-hydrogen) atoms. The molecule has 4 nitrogen and oxygen atoms in total. The number of nitrogens with zero attached hydrogens (tertiary/aromatic N) is 2. The minimum absolute atomic E-state index is 0.112. The lowest BCUT2D eigenvalue weighted by atomic mass is 10.4. The highest BCUT2D eigenvalue weighted by Crippen LogP contribution is 2.12. The van der Waals surface area contributed by atoms with Gasteiger partial charge in [0.05, 0.1) is 12.2 Å². The van der Waals surface area contributed by atoms with E-state index in [1.54, 1.807) is 12.1 Å². The van der Waals surface area contributed by atoms with Crippen LogP contribution in [0.2, 0.25) is 0 Å². The lowest BCUT2D eigenvalue weighted by molar-refractivity contribution is 0.215. The summed E-state index contributed by atoms with van der Waals surface area (Å²) in [5.74, 6) is 1.05. The topological polar surface area (TPSA) is 44.2 Å². The first-order valence-electron chi connectivity index (χ1n) is 4.75. The second kappa shape index (κ2) is 4.79. The maximum absolute atomic E-state index is 5.34. The standard InChI is InChI=1S/C10H16N2O2/c1-7(2)13-9-5-6-10(12-11-9)14-8(3)4/h5-8H,1-4H3. The van der Waals surface area contributed by atoms with E-state index in [9.17, 15) is 0 Å². The van der Waals surface area contributed by atoms with E-state index in [4.69, 9.17) is 9.47 Å². The molecule has 0 aliphatic rings. The van der Waals surface area contributed by atoms with Crippen LogP contribution in [0.1, 0.15) is 27.7 Å². The maximum atomic E-state index is 5.34. The largest absolute Gasteiger partial charge is 0.474 e. The Hall–Kier alpha value is -1.32. The molecular weight excluding hydrogens is 180 g/mol. The third-order valence-corrected chi connectivity index (χ3v) is 1.33. The molecule has 0 atom stereocenters. The Balaban J connectivity index is 2.59. The Morgan fingerprint density at radius 2 is 1.21 bits per heavy atom. The fraction of sp³-hybridized carbons (Fsp3) is 0.600. The van der Waals surface area contributed by atoms with Crippen molar-refractivity contribution < 1.29 is 9.47 Å². The van der Waals surface area contributed by atoms with Crippen molar-refractivity contribution in [3.8, 4) is 11.8 Å². The summed E-state index contributed by atoms with van der Waals surface area (Å²) in [6.45, 7) is 7.78. The molecule has 0 aliphatic carbocycles. The predicted molar refractivity (Wildman–Crippen MR) is 53.6 cm³/mol. The van der Waals surface area contributed by atoms with Crippen LogP contribution >= 0.6 is 0 Å².